The summed E-state index contributed by atoms with van der Waals surface area (Å²) in [7, 11) is 0. The highest BCUT2D eigenvalue weighted by Crippen LogP contribution is 2.34. The summed E-state index contributed by atoms with van der Waals surface area (Å²) in [5.74, 6) is 1.48. The summed E-state index contributed by atoms with van der Waals surface area (Å²) in [6, 6.07) is 13.0. The van der Waals surface area contributed by atoms with Gasteiger partial charge in [-0.1, -0.05) is 49.7 Å². The van der Waals surface area contributed by atoms with Crippen molar-refractivity contribution in [2.24, 2.45) is 5.92 Å². The first-order chi connectivity index (χ1) is 13.4. The zero-order chi connectivity index (χ0) is 20.1. The zero-order valence-electron chi connectivity index (χ0n) is 16.7. The van der Waals surface area contributed by atoms with Crippen molar-refractivity contribution in [3.63, 3.8) is 0 Å². The van der Waals surface area contributed by atoms with Gasteiger partial charge in [-0.25, -0.2) is 0 Å². The van der Waals surface area contributed by atoms with Gasteiger partial charge in [0.05, 0.1) is 6.04 Å². The molecule has 28 heavy (non-hydrogen) atoms. The Hall–Kier alpha value is -2.82. The molecule has 5 heteroatoms. The molecule has 0 spiro atoms. The molecule has 1 atom stereocenters. The summed E-state index contributed by atoms with van der Waals surface area (Å²) in [6.07, 6.45) is 0.362. The molecule has 0 fully saturated rings. The van der Waals surface area contributed by atoms with Gasteiger partial charge in [0.25, 0.3) is 0 Å². The van der Waals surface area contributed by atoms with Gasteiger partial charge in [0.15, 0.2) is 17.3 Å². The van der Waals surface area contributed by atoms with E-state index in [4.69, 9.17) is 9.47 Å². The third kappa shape index (κ3) is 4.91. The minimum Gasteiger partial charge on any atom is -0.486 e. The lowest BCUT2D eigenvalue weighted by molar-refractivity contribution is -0.122. The van der Waals surface area contributed by atoms with E-state index >= 15 is 0 Å². The molecule has 0 radical (unpaired) electrons. The van der Waals surface area contributed by atoms with E-state index in [0.717, 1.165) is 16.9 Å². The van der Waals surface area contributed by atoms with Crippen molar-refractivity contribution in [3.8, 4) is 11.5 Å². The number of ether oxygens (including phenoxy) is 2. The monoisotopic (exact) mass is 381 g/mol. The van der Waals surface area contributed by atoms with Crippen molar-refractivity contribution in [1.82, 2.24) is 5.32 Å². The minimum absolute atomic E-state index is 0.0180. The summed E-state index contributed by atoms with van der Waals surface area (Å²) in [5.41, 5.74) is 2.72. The van der Waals surface area contributed by atoms with E-state index in [2.05, 4.69) is 19.2 Å². The number of amides is 1. The predicted molar refractivity (Wildman–Crippen MR) is 108 cm³/mol. The van der Waals surface area contributed by atoms with Crippen LogP contribution in [0.2, 0.25) is 0 Å². The highest BCUT2D eigenvalue weighted by atomic mass is 16.6. The van der Waals surface area contributed by atoms with Crippen molar-refractivity contribution >= 4 is 11.7 Å². The number of benzene rings is 2. The Bertz CT molecular complexity index is 842. The number of rotatable bonds is 7. The number of ketones is 1. The fourth-order valence-electron chi connectivity index (χ4n) is 3.24. The molecule has 1 N–H and O–H groups in total. The van der Waals surface area contributed by atoms with Crippen molar-refractivity contribution in [2.45, 2.75) is 39.7 Å². The Kier molecular flexibility index (Phi) is 6.34. The smallest absolute Gasteiger partial charge is 0.220 e. The molecule has 1 aliphatic rings. The average molecular weight is 381 g/mol. The maximum atomic E-state index is 12.5. The van der Waals surface area contributed by atoms with Crippen LogP contribution in [0.25, 0.3) is 0 Å². The molecular formula is C23H27NO4. The Balaban J connectivity index is 1.61. The van der Waals surface area contributed by atoms with Crippen LogP contribution in [0.3, 0.4) is 0 Å². The summed E-state index contributed by atoms with van der Waals surface area (Å²) < 4.78 is 11.2. The van der Waals surface area contributed by atoms with E-state index in [1.165, 1.54) is 0 Å². The molecule has 148 valence electrons. The minimum atomic E-state index is -0.155. The topological polar surface area (TPSA) is 64.6 Å². The number of hydrogen-bond acceptors (Lipinski definition) is 4. The van der Waals surface area contributed by atoms with Crippen LogP contribution in [-0.4, -0.2) is 24.9 Å². The molecule has 0 saturated carbocycles. The van der Waals surface area contributed by atoms with Gasteiger partial charge in [0.2, 0.25) is 5.91 Å². The molecule has 3 rings (SSSR count). The SMILES string of the molecule is Cc1ccc(C(=O)CCC(=O)N[C@@H](c2ccc3c(c2)OCCO3)C(C)C)cc1. The summed E-state index contributed by atoms with van der Waals surface area (Å²) in [5, 5.41) is 3.07. The van der Waals surface area contributed by atoms with E-state index < -0.39 is 0 Å². The Labute approximate surface area is 166 Å². The maximum Gasteiger partial charge on any atom is 0.220 e. The molecule has 1 aliphatic heterocycles. The molecule has 5 nitrogen and oxygen atoms in total. The number of nitrogens with one attached hydrogen (secondary N) is 1. The molecule has 1 amide bonds. The fraction of sp³-hybridized carbons (Fsp3) is 0.391. The number of Topliss-reactive ketones (excluding diaryl/α,β-unsaturated/α-hetero) is 1. The van der Waals surface area contributed by atoms with E-state index in [-0.39, 0.29) is 36.5 Å². The van der Waals surface area contributed by atoms with Crippen LogP contribution in [0, 0.1) is 12.8 Å². The molecule has 0 aromatic heterocycles. The van der Waals surface area contributed by atoms with Crippen LogP contribution < -0.4 is 14.8 Å². The lowest BCUT2D eigenvalue weighted by Crippen LogP contribution is -2.32. The maximum absolute atomic E-state index is 12.5. The number of hydrogen-bond donors (Lipinski definition) is 1. The first-order valence-corrected chi connectivity index (χ1v) is 9.73. The second kappa shape index (κ2) is 8.91. The third-order valence-corrected chi connectivity index (χ3v) is 4.86. The van der Waals surface area contributed by atoms with Crippen molar-refractivity contribution in [2.75, 3.05) is 13.2 Å². The number of carbonyl (C=O) groups is 2. The highest BCUT2D eigenvalue weighted by molar-refractivity contribution is 5.98. The molecule has 1 heterocycles. The lowest BCUT2D eigenvalue weighted by atomic mass is 9.95. The number of fused-ring (bicyclic) bond motifs is 1. The molecule has 2 aromatic rings. The Morgan fingerprint density at radius 1 is 0.964 bits per heavy atom. The molecule has 0 aliphatic carbocycles. The third-order valence-electron chi connectivity index (χ3n) is 4.86. The largest absolute Gasteiger partial charge is 0.486 e. The molecule has 0 unspecified atom stereocenters. The second-order valence-corrected chi connectivity index (χ2v) is 7.48. The van der Waals surface area contributed by atoms with Gasteiger partial charge >= 0.3 is 0 Å². The van der Waals surface area contributed by atoms with Gasteiger partial charge in [0.1, 0.15) is 13.2 Å². The Morgan fingerprint density at radius 2 is 1.64 bits per heavy atom. The van der Waals surface area contributed by atoms with Gasteiger partial charge in [-0.15, -0.1) is 0 Å². The van der Waals surface area contributed by atoms with Gasteiger partial charge in [-0.05, 0) is 30.5 Å². The average Bonchev–Trinajstić information content (AvgIpc) is 2.70. The molecular weight excluding hydrogens is 354 g/mol. The van der Waals surface area contributed by atoms with Gasteiger partial charge in [0, 0.05) is 18.4 Å². The molecule has 0 saturated heterocycles. The second-order valence-electron chi connectivity index (χ2n) is 7.48. The van der Waals surface area contributed by atoms with Crippen LogP contribution in [0.4, 0.5) is 0 Å². The van der Waals surface area contributed by atoms with Crippen molar-refractivity contribution in [3.05, 3.63) is 59.2 Å². The first kappa shape index (κ1) is 19.9. The van der Waals surface area contributed by atoms with Crippen LogP contribution in [-0.2, 0) is 4.79 Å². The van der Waals surface area contributed by atoms with Crippen LogP contribution in [0.15, 0.2) is 42.5 Å². The quantitative estimate of drug-likeness (QED) is 0.729. The van der Waals surface area contributed by atoms with Crippen LogP contribution in [0.5, 0.6) is 11.5 Å². The highest BCUT2D eigenvalue weighted by Gasteiger charge is 2.22. The van der Waals surface area contributed by atoms with Gasteiger partial charge < -0.3 is 14.8 Å². The van der Waals surface area contributed by atoms with E-state index in [0.29, 0.717) is 24.5 Å². The van der Waals surface area contributed by atoms with Crippen molar-refractivity contribution < 1.29 is 19.1 Å². The number of aryl methyl sites for hydroxylation is 1. The van der Waals surface area contributed by atoms with Crippen LogP contribution >= 0.6 is 0 Å². The normalized spacial score (nSPS) is 13.9. The van der Waals surface area contributed by atoms with E-state index in [1.54, 1.807) is 0 Å². The van der Waals surface area contributed by atoms with E-state index in [9.17, 15) is 9.59 Å². The summed E-state index contributed by atoms with van der Waals surface area (Å²) in [6.45, 7) is 7.16. The molecule has 0 bridgehead atoms. The first-order valence-electron chi connectivity index (χ1n) is 9.73. The standard InChI is InChI=1S/C23H27NO4/c1-15(2)23(18-8-10-20-21(14-18)28-13-12-27-20)24-22(26)11-9-19(25)17-6-4-16(3)5-7-17/h4-8,10,14-15,23H,9,11-13H2,1-3H3,(H,24,26)/t23-/m1/s1. The van der Waals surface area contributed by atoms with Gasteiger partial charge in [-0.2, -0.15) is 0 Å². The lowest BCUT2D eigenvalue weighted by Gasteiger charge is -2.25. The Morgan fingerprint density at radius 3 is 2.32 bits per heavy atom. The van der Waals surface area contributed by atoms with Crippen LogP contribution in [0.1, 0.15) is 54.2 Å². The zero-order valence-corrected chi connectivity index (χ0v) is 16.7. The van der Waals surface area contributed by atoms with Crippen molar-refractivity contribution in [1.29, 1.82) is 0 Å². The predicted octanol–water partition coefficient (Wildman–Crippen LogP) is 4.24. The molecule has 2 aromatic carbocycles. The van der Waals surface area contributed by atoms with E-state index in [1.807, 2.05) is 49.4 Å². The fourth-order valence-corrected chi connectivity index (χ4v) is 3.24. The van der Waals surface area contributed by atoms with Gasteiger partial charge in [-0.3, -0.25) is 9.59 Å². The summed E-state index contributed by atoms with van der Waals surface area (Å²) >= 11 is 0. The number of carbonyl (C=O) groups excluding carboxylic acids is 2. The summed E-state index contributed by atoms with van der Waals surface area (Å²) in [4.78, 5) is 24.8.